The molecule has 0 aliphatic heterocycles. The number of hydrogen-bond donors (Lipinski definition) is 3. The molecule has 2 unspecified atom stereocenters. The molecule has 1 saturated carbocycles. The molecular formula is C24H21N3O4. The molecule has 0 spiro atoms. The highest BCUT2D eigenvalue weighted by molar-refractivity contribution is 5.98. The van der Waals surface area contributed by atoms with E-state index in [-0.39, 0.29) is 29.6 Å². The van der Waals surface area contributed by atoms with E-state index < -0.39 is 0 Å². The van der Waals surface area contributed by atoms with Gasteiger partial charge in [-0.1, -0.05) is 12.1 Å². The molecule has 7 nitrogen and oxygen atoms in total. The van der Waals surface area contributed by atoms with Crippen molar-refractivity contribution in [1.29, 1.82) is 0 Å². The van der Waals surface area contributed by atoms with Crippen LogP contribution in [-0.2, 0) is 0 Å². The molecule has 0 aromatic heterocycles. The van der Waals surface area contributed by atoms with E-state index in [4.69, 9.17) is 0 Å². The Balaban J connectivity index is 1.40. The Bertz CT molecular complexity index is 1110. The van der Waals surface area contributed by atoms with E-state index in [1.165, 1.54) is 0 Å². The lowest BCUT2D eigenvalue weighted by Crippen LogP contribution is -2.28. The fraction of sp³-hybridized carbons (Fsp3) is 0.167. The maximum absolute atomic E-state index is 12.6. The zero-order valence-electron chi connectivity index (χ0n) is 16.8. The number of amides is 3. The summed E-state index contributed by atoms with van der Waals surface area (Å²) in [5, 5.41) is 8.41. The van der Waals surface area contributed by atoms with E-state index in [2.05, 4.69) is 16.0 Å². The minimum Gasteiger partial charge on any atom is -0.355 e. The van der Waals surface area contributed by atoms with Crippen LogP contribution < -0.4 is 16.0 Å². The van der Waals surface area contributed by atoms with Crippen LogP contribution in [0.2, 0.25) is 0 Å². The van der Waals surface area contributed by atoms with Gasteiger partial charge in [-0.05, 0) is 55.0 Å². The van der Waals surface area contributed by atoms with Crippen molar-refractivity contribution >= 4 is 24.0 Å². The van der Waals surface area contributed by atoms with Crippen molar-refractivity contribution in [3.8, 4) is 0 Å². The summed E-state index contributed by atoms with van der Waals surface area (Å²) in [6, 6.07) is 12.9. The van der Waals surface area contributed by atoms with Gasteiger partial charge in [-0.25, -0.2) is 0 Å². The number of fused-ring (bicyclic) bond motifs is 1. The molecule has 156 valence electrons. The summed E-state index contributed by atoms with van der Waals surface area (Å²) in [5.41, 5.74) is 3.59. The summed E-state index contributed by atoms with van der Waals surface area (Å²) in [7, 11) is 1.55. The largest absolute Gasteiger partial charge is 0.355 e. The number of rotatable bonds is 6. The molecule has 3 N–H and O–H groups in total. The van der Waals surface area contributed by atoms with Crippen LogP contribution in [0.15, 0.2) is 72.1 Å². The van der Waals surface area contributed by atoms with E-state index in [9.17, 15) is 19.2 Å². The van der Waals surface area contributed by atoms with Gasteiger partial charge in [-0.2, -0.15) is 0 Å². The Morgan fingerprint density at radius 3 is 1.58 bits per heavy atom. The topological polar surface area (TPSA) is 104 Å². The molecule has 31 heavy (non-hydrogen) atoms. The van der Waals surface area contributed by atoms with Gasteiger partial charge in [0.25, 0.3) is 17.7 Å². The van der Waals surface area contributed by atoms with Crippen LogP contribution in [0.1, 0.15) is 47.9 Å². The third-order valence-electron chi connectivity index (χ3n) is 5.49. The monoisotopic (exact) mass is 415 g/mol. The molecule has 3 amide bonds. The number of nitrogens with one attached hydrogen (secondary N) is 3. The van der Waals surface area contributed by atoms with Gasteiger partial charge in [-0.3, -0.25) is 19.2 Å². The summed E-state index contributed by atoms with van der Waals surface area (Å²) < 4.78 is 0. The summed E-state index contributed by atoms with van der Waals surface area (Å²) in [6.45, 7) is 0. The quantitative estimate of drug-likeness (QED) is 0.631. The number of aldehydes is 1. The van der Waals surface area contributed by atoms with Crippen molar-refractivity contribution in [1.82, 2.24) is 16.0 Å². The molecule has 4 rings (SSSR count). The molecule has 7 heteroatoms. The third-order valence-corrected chi connectivity index (χ3v) is 5.49. The van der Waals surface area contributed by atoms with Gasteiger partial charge >= 0.3 is 0 Å². The van der Waals surface area contributed by atoms with Crippen LogP contribution in [0.3, 0.4) is 0 Å². The molecule has 2 aromatic rings. The van der Waals surface area contributed by atoms with Gasteiger partial charge < -0.3 is 16.0 Å². The first kappa shape index (κ1) is 20.3. The number of carbonyl (C=O) groups is 4. The lowest BCUT2D eigenvalue weighted by molar-refractivity contribution is 0.0950. The summed E-state index contributed by atoms with van der Waals surface area (Å²) in [5.74, 6) is -0.355. The van der Waals surface area contributed by atoms with Gasteiger partial charge in [0.05, 0.1) is 0 Å². The molecule has 0 saturated heterocycles. The smallest absolute Gasteiger partial charge is 0.255 e. The van der Waals surface area contributed by atoms with Crippen LogP contribution in [0, 0.1) is 11.8 Å². The maximum Gasteiger partial charge on any atom is 0.255 e. The minimum atomic E-state index is -0.239. The molecule has 2 aliphatic carbocycles. The van der Waals surface area contributed by atoms with Gasteiger partial charge in [0.2, 0.25) is 0 Å². The molecule has 2 aromatic carbocycles. The van der Waals surface area contributed by atoms with Crippen LogP contribution in [0.5, 0.6) is 0 Å². The highest BCUT2D eigenvalue weighted by Gasteiger charge is 2.45. The van der Waals surface area contributed by atoms with E-state index in [1.54, 1.807) is 55.6 Å². The fourth-order valence-corrected chi connectivity index (χ4v) is 3.61. The Labute approximate surface area is 179 Å². The first-order chi connectivity index (χ1) is 15.0. The van der Waals surface area contributed by atoms with Gasteiger partial charge in [0, 0.05) is 52.5 Å². The van der Waals surface area contributed by atoms with E-state index in [0.717, 1.165) is 24.1 Å². The number of benzene rings is 2. The minimum absolute atomic E-state index is 0.159. The average Bonchev–Trinajstić information content (AvgIpc) is 3.62. The van der Waals surface area contributed by atoms with Crippen LogP contribution in [-0.4, -0.2) is 31.1 Å². The van der Waals surface area contributed by atoms with Crippen molar-refractivity contribution in [2.45, 2.75) is 6.42 Å². The number of hydrogen-bond acceptors (Lipinski definition) is 4. The van der Waals surface area contributed by atoms with Crippen LogP contribution >= 0.6 is 0 Å². The molecule has 0 radical (unpaired) electrons. The predicted molar refractivity (Wildman–Crippen MR) is 114 cm³/mol. The van der Waals surface area contributed by atoms with E-state index in [1.807, 2.05) is 12.2 Å². The lowest BCUT2D eigenvalue weighted by atomic mass is 10.1. The molecular weight excluding hydrogens is 394 g/mol. The SMILES string of the molecule is CNC(=O)c1ccc(C(=O)NC2=CC=C(NC(=O)c3ccc(C=O)cc3)C3CC23)cc1. The first-order valence-corrected chi connectivity index (χ1v) is 9.92. The van der Waals surface area contributed by atoms with Crippen molar-refractivity contribution in [2.75, 3.05) is 7.05 Å². The summed E-state index contributed by atoms with van der Waals surface area (Å²) in [6.07, 6.45) is 5.21. The fourth-order valence-electron chi connectivity index (χ4n) is 3.61. The second kappa shape index (κ2) is 8.39. The van der Waals surface area contributed by atoms with E-state index in [0.29, 0.717) is 22.3 Å². The molecule has 0 bridgehead atoms. The zero-order valence-corrected chi connectivity index (χ0v) is 16.8. The third kappa shape index (κ3) is 4.30. The molecule has 1 fully saturated rings. The van der Waals surface area contributed by atoms with Crippen molar-refractivity contribution in [3.63, 3.8) is 0 Å². The van der Waals surface area contributed by atoms with Gasteiger partial charge in [0.15, 0.2) is 0 Å². The lowest BCUT2D eigenvalue weighted by Gasteiger charge is -2.16. The Kier molecular flexibility index (Phi) is 5.49. The summed E-state index contributed by atoms with van der Waals surface area (Å²) >= 11 is 0. The Morgan fingerprint density at radius 2 is 1.16 bits per heavy atom. The normalized spacial score (nSPS) is 18.6. The highest BCUT2D eigenvalue weighted by Crippen LogP contribution is 2.49. The highest BCUT2D eigenvalue weighted by atomic mass is 16.2. The van der Waals surface area contributed by atoms with Crippen molar-refractivity contribution < 1.29 is 19.2 Å². The first-order valence-electron chi connectivity index (χ1n) is 9.92. The second-order valence-electron chi connectivity index (χ2n) is 7.50. The van der Waals surface area contributed by atoms with Crippen LogP contribution in [0.25, 0.3) is 0 Å². The van der Waals surface area contributed by atoms with Gasteiger partial charge in [-0.15, -0.1) is 0 Å². The number of carbonyl (C=O) groups excluding carboxylic acids is 4. The Hall–Kier alpha value is -4.00. The van der Waals surface area contributed by atoms with E-state index >= 15 is 0 Å². The standard InChI is InChI=1S/C24H21N3O4/c1-25-22(29)15-6-8-17(9-7-15)24(31)27-21-11-10-20(18-12-19(18)21)26-23(30)16-4-2-14(13-28)3-5-16/h2-11,13,18-19H,12H2,1H3,(H,25,29)(H,26,30)(H,27,31). The predicted octanol–water partition coefficient (Wildman–Crippen LogP) is 2.44. The average molecular weight is 415 g/mol. The zero-order chi connectivity index (χ0) is 22.0. The summed E-state index contributed by atoms with van der Waals surface area (Å²) in [4.78, 5) is 47.4. The Morgan fingerprint density at radius 1 is 0.742 bits per heavy atom. The van der Waals surface area contributed by atoms with Gasteiger partial charge in [0.1, 0.15) is 6.29 Å². The van der Waals surface area contributed by atoms with Crippen LogP contribution in [0.4, 0.5) is 0 Å². The van der Waals surface area contributed by atoms with Crippen molar-refractivity contribution in [2.24, 2.45) is 11.8 Å². The molecule has 0 heterocycles. The second-order valence-corrected chi connectivity index (χ2v) is 7.50. The number of allylic oxidation sites excluding steroid dienone is 4. The molecule has 2 aliphatic rings. The van der Waals surface area contributed by atoms with Crippen molar-refractivity contribution in [3.05, 3.63) is 94.3 Å². The molecule has 2 atom stereocenters. The maximum atomic E-state index is 12.6.